The highest BCUT2D eigenvalue weighted by molar-refractivity contribution is 9.10. The van der Waals surface area contributed by atoms with Crippen LogP contribution in [0.3, 0.4) is 0 Å². The molecule has 1 aliphatic rings. The molecule has 1 atom stereocenters. The van der Waals surface area contributed by atoms with Crippen LogP contribution < -0.4 is 10.1 Å². The van der Waals surface area contributed by atoms with Crippen LogP contribution in [-0.2, 0) is 4.74 Å². The van der Waals surface area contributed by atoms with E-state index in [2.05, 4.69) is 35.1 Å². The first kappa shape index (κ1) is 14.2. The first-order chi connectivity index (χ1) is 8.94. The minimum Gasteiger partial charge on any atom is -0.494 e. The van der Waals surface area contributed by atoms with E-state index in [1.807, 2.05) is 25.1 Å². The Morgan fingerprint density at radius 1 is 1.53 bits per heavy atom. The van der Waals surface area contributed by atoms with Crippen LogP contribution in [0.4, 0.5) is 4.79 Å². The maximum absolute atomic E-state index is 11.5. The maximum Gasteiger partial charge on any atom is 0.407 e. The fourth-order valence-electron chi connectivity index (χ4n) is 2.22. The van der Waals surface area contributed by atoms with Gasteiger partial charge in [0, 0.05) is 15.5 Å². The molecule has 19 heavy (non-hydrogen) atoms. The number of carbonyl (C=O) groups is 1. The zero-order chi connectivity index (χ0) is 14.0. The van der Waals surface area contributed by atoms with Crippen molar-refractivity contribution < 1.29 is 14.3 Å². The highest BCUT2D eigenvalue weighted by atomic mass is 79.9. The summed E-state index contributed by atoms with van der Waals surface area (Å²) in [7, 11) is 0. The predicted octanol–water partition coefficient (Wildman–Crippen LogP) is 3.65. The smallest absolute Gasteiger partial charge is 0.407 e. The van der Waals surface area contributed by atoms with E-state index in [1.54, 1.807) is 0 Å². The van der Waals surface area contributed by atoms with Gasteiger partial charge in [-0.15, -0.1) is 0 Å². The van der Waals surface area contributed by atoms with E-state index < -0.39 is 0 Å². The van der Waals surface area contributed by atoms with Crippen LogP contribution in [0.25, 0.3) is 0 Å². The van der Waals surface area contributed by atoms with Crippen molar-refractivity contribution in [2.24, 2.45) is 5.41 Å². The number of carbonyl (C=O) groups excluding carboxylic acids is 1. The molecule has 5 heteroatoms. The topological polar surface area (TPSA) is 47.6 Å². The van der Waals surface area contributed by atoms with E-state index >= 15 is 0 Å². The average Bonchev–Trinajstić information content (AvgIpc) is 2.35. The summed E-state index contributed by atoms with van der Waals surface area (Å²) in [5, 5.41) is 2.89. The number of cyclic esters (lactones) is 1. The molecule has 0 spiro atoms. The number of alkyl carbamates (subject to hydrolysis) is 1. The maximum atomic E-state index is 11.5. The van der Waals surface area contributed by atoms with E-state index in [0.717, 1.165) is 15.8 Å². The number of benzene rings is 1. The first-order valence-corrected chi connectivity index (χ1v) is 7.09. The lowest BCUT2D eigenvalue weighted by Crippen LogP contribution is -2.47. The van der Waals surface area contributed by atoms with Crippen LogP contribution in [0.15, 0.2) is 22.7 Å². The number of hydrogen-bond donors (Lipinski definition) is 1. The third-order valence-corrected chi connectivity index (χ3v) is 3.69. The molecule has 0 bridgehead atoms. The Labute approximate surface area is 121 Å². The molecule has 1 aromatic carbocycles. The lowest BCUT2D eigenvalue weighted by molar-refractivity contribution is 0.0379. The molecule has 1 aromatic rings. The van der Waals surface area contributed by atoms with Crippen LogP contribution in [0.5, 0.6) is 5.75 Å². The summed E-state index contributed by atoms with van der Waals surface area (Å²) in [6.07, 6.45) is -0.383. The lowest BCUT2D eigenvalue weighted by atomic mass is 9.80. The van der Waals surface area contributed by atoms with Gasteiger partial charge >= 0.3 is 6.09 Å². The van der Waals surface area contributed by atoms with Gasteiger partial charge in [0.1, 0.15) is 12.4 Å². The number of ether oxygens (including phenoxy) is 2. The van der Waals surface area contributed by atoms with Crippen LogP contribution in [-0.4, -0.2) is 19.3 Å². The Hall–Kier alpha value is -1.23. The minimum atomic E-state index is -0.383. The molecule has 1 N–H and O–H groups in total. The molecule has 0 saturated carbocycles. The van der Waals surface area contributed by atoms with Gasteiger partial charge in [-0.2, -0.15) is 0 Å². The molecule has 0 unspecified atom stereocenters. The quantitative estimate of drug-likeness (QED) is 0.921. The summed E-state index contributed by atoms with van der Waals surface area (Å²) in [4.78, 5) is 11.5. The summed E-state index contributed by atoms with van der Waals surface area (Å²) in [5.41, 5.74) is 0.776. The number of hydrogen-bond acceptors (Lipinski definition) is 3. The largest absolute Gasteiger partial charge is 0.494 e. The molecular formula is C14H18BrNO3. The van der Waals surface area contributed by atoms with Crippen molar-refractivity contribution in [1.82, 2.24) is 5.32 Å². The third-order valence-electron chi connectivity index (χ3n) is 3.20. The molecule has 1 aliphatic heterocycles. The Balaban J connectivity index is 2.42. The Morgan fingerprint density at radius 3 is 2.95 bits per heavy atom. The highest BCUT2D eigenvalue weighted by Gasteiger charge is 2.39. The van der Waals surface area contributed by atoms with Crippen molar-refractivity contribution in [3.63, 3.8) is 0 Å². The molecule has 1 amide bonds. The van der Waals surface area contributed by atoms with Gasteiger partial charge in [-0.1, -0.05) is 29.8 Å². The van der Waals surface area contributed by atoms with Crippen molar-refractivity contribution in [2.45, 2.75) is 26.8 Å². The van der Waals surface area contributed by atoms with Crippen LogP contribution in [0.2, 0.25) is 0 Å². The summed E-state index contributed by atoms with van der Waals surface area (Å²) < 4.78 is 11.7. The average molecular weight is 328 g/mol. The van der Waals surface area contributed by atoms with Gasteiger partial charge in [-0.25, -0.2) is 4.79 Å². The number of rotatable bonds is 3. The number of amides is 1. The van der Waals surface area contributed by atoms with E-state index in [9.17, 15) is 4.79 Å². The van der Waals surface area contributed by atoms with Gasteiger partial charge in [0.05, 0.1) is 12.6 Å². The molecule has 0 radical (unpaired) electrons. The molecular weight excluding hydrogens is 310 g/mol. The Kier molecular flexibility index (Phi) is 4.04. The monoisotopic (exact) mass is 327 g/mol. The SMILES string of the molecule is CCOc1ccc(Br)cc1[C@H]1NC(=O)OCC1(C)C. The van der Waals surface area contributed by atoms with Crippen molar-refractivity contribution >= 4 is 22.0 Å². The Morgan fingerprint density at radius 2 is 2.26 bits per heavy atom. The molecule has 1 heterocycles. The van der Waals surface area contributed by atoms with Gasteiger partial charge in [0.25, 0.3) is 0 Å². The zero-order valence-corrected chi connectivity index (χ0v) is 12.9. The van der Waals surface area contributed by atoms with Crippen molar-refractivity contribution in [3.05, 3.63) is 28.2 Å². The molecule has 0 aliphatic carbocycles. The minimum absolute atomic E-state index is 0.132. The molecule has 0 aromatic heterocycles. The van der Waals surface area contributed by atoms with E-state index in [4.69, 9.17) is 9.47 Å². The zero-order valence-electron chi connectivity index (χ0n) is 11.3. The second-order valence-corrected chi connectivity index (χ2v) is 6.17. The molecule has 1 fully saturated rings. The normalized spacial score (nSPS) is 21.5. The highest BCUT2D eigenvalue weighted by Crippen LogP contribution is 2.41. The summed E-state index contributed by atoms with van der Waals surface area (Å²) >= 11 is 3.47. The fraction of sp³-hybridized carbons (Fsp3) is 0.500. The number of nitrogens with one attached hydrogen (secondary N) is 1. The van der Waals surface area contributed by atoms with Crippen molar-refractivity contribution in [3.8, 4) is 5.75 Å². The van der Waals surface area contributed by atoms with E-state index in [1.165, 1.54) is 0 Å². The lowest BCUT2D eigenvalue weighted by Gasteiger charge is -2.39. The van der Waals surface area contributed by atoms with E-state index in [-0.39, 0.29) is 17.6 Å². The standard InChI is InChI=1S/C14H18BrNO3/c1-4-18-11-6-5-9(15)7-10(11)12-14(2,3)8-19-13(17)16-12/h5-7,12H,4,8H2,1-3H3,(H,16,17)/t12-/m1/s1. The summed E-state index contributed by atoms with van der Waals surface area (Å²) in [5.74, 6) is 0.797. The third kappa shape index (κ3) is 3.03. The number of halogens is 1. The molecule has 2 rings (SSSR count). The van der Waals surface area contributed by atoms with Gasteiger partial charge in [-0.05, 0) is 25.1 Å². The molecule has 1 saturated heterocycles. The van der Waals surface area contributed by atoms with Crippen LogP contribution >= 0.6 is 15.9 Å². The van der Waals surface area contributed by atoms with Crippen molar-refractivity contribution in [1.29, 1.82) is 0 Å². The fourth-order valence-corrected chi connectivity index (χ4v) is 2.60. The molecule has 104 valence electrons. The second kappa shape index (κ2) is 5.41. The van der Waals surface area contributed by atoms with Crippen LogP contribution in [0.1, 0.15) is 32.4 Å². The molecule has 4 nitrogen and oxygen atoms in total. The first-order valence-electron chi connectivity index (χ1n) is 6.29. The van der Waals surface area contributed by atoms with Gasteiger partial charge in [0.15, 0.2) is 0 Å². The van der Waals surface area contributed by atoms with Gasteiger partial charge in [-0.3, -0.25) is 0 Å². The van der Waals surface area contributed by atoms with Gasteiger partial charge < -0.3 is 14.8 Å². The van der Waals surface area contributed by atoms with Gasteiger partial charge in [0.2, 0.25) is 0 Å². The van der Waals surface area contributed by atoms with E-state index in [0.29, 0.717) is 13.2 Å². The van der Waals surface area contributed by atoms with Crippen molar-refractivity contribution in [2.75, 3.05) is 13.2 Å². The summed E-state index contributed by atoms with van der Waals surface area (Å²) in [6.45, 7) is 7.05. The van der Waals surface area contributed by atoms with Crippen LogP contribution in [0, 0.1) is 5.41 Å². The second-order valence-electron chi connectivity index (χ2n) is 5.26. The predicted molar refractivity (Wildman–Crippen MR) is 76.3 cm³/mol. The summed E-state index contributed by atoms with van der Waals surface area (Å²) in [6, 6.07) is 5.71. The Bertz CT molecular complexity index is 488.